The zero-order valence-corrected chi connectivity index (χ0v) is 12.5. The summed E-state index contributed by atoms with van der Waals surface area (Å²) in [4.78, 5) is 25.2. The minimum absolute atomic E-state index is 0.0927. The predicted molar refractivity (Wildman–Crippen MR) is 82.1 cm³/mol. The summed E-state index contributed by atoms with van der Waals surface area (Å²) < 4.78 is 0. The van der Waals surface area contributed by atoms with E-state index in [0.29, 0.717) is 13.0 Å². The largest absolute Gasteiger partial charge is 0.311 e. The van der Waals surface area contributed by atoms with Crippen LogP contribution in [0.5, 0.6) is 0 Å². The summed E-state index contributed by atoms with van der Waals surface area (Å²) in [6.45, 7) is 2.22. The highest BCUT2D eigenvalue weighted by atomic mass is 32.2. The highest BCUT2D eigenvalue weighted by molar-refractivity contribution is 8.14. The summed E-state index contributed by atoms with van der Waals surface area (Å²) in [5.74, 6) is 0.138. The number of anilines is 1. The lowest BCUT2D eigenvalue weighted by Gasteiger charge is -2.21. The zero-order valence-electron chi connectivity index (χ0n) is 11.7. The first-order chi connectivity index (χ1) is 9.63. The number of nitrogens with zero attached hydrogens (tertiary/aromatic N) is 1. The average molecular weight is 289 g/mol. The molecule has 1 fully saturated rings. The molecule has 0 radical (unpaired) electrons. The van der Waals surface area contributed by atoms with E-state index in [9.17, 15) is 9.59 Å². The van der Waals surface area contributed by atoms with E-state index in [0.717, 1.165) is 18.5 Å². The van der Waals surface area contributed by atoms with Gasteiger partial charge in [0.2, 0.25) is 5.91 Å². The van der Waals surface area contributed by atoms with E-state index < -0.39 is 0 Å². The minimum Gasteiger partial charge on any atom is -0.311 e. The average Bonchev–Trinajstić information content (AvgIpc) is 2.78. The third-order valence-corrected chi connectivity index (χ3v) is 5.05. The molecule has 1 saturated heterocycles. The highest BCUT2D eigenvalue weighted by Gasteiger charge is 2.32. The van der Waals surface area contributed by atoms with E-state index in [4.69, 9.17) is 0 Å². The number of rotatable bonds is 2. The Kier molecular flexibility index (Phi) is 3.83. The van der Waals surface area contributed by atoms with Gasteiger partial charge in [0.25, 0.3) is 0 Å². The van der Waals surface area contributed by atoms with Crippen LogP contribution in [0, 0.1) is 0 Å². The number of fused-ring (bicyclic) bond motifs is 1. The van der Waals surface area contributed by atoms with E-state index in [1.807, 2.05) is 4.90 Å². The maximum absolute atomic E-state index is 12.1. The fraction of sp³-hybridized carbons (Fsp3) is 0.500. The fourth-order valence-electron chi connectivity index (χ4n) is 3.13. The number of hydrogen-bond donors (Lipinski definition) is 0. The van der Waals surface area contributed by atoms with Crippen LogP contribution in [0.1, 0.15) is 37.3 Å². The lowest BCUT2D eigenvalue weighted by Crippen LogP contribution is -2.25. The van der Waals surface area contributed by atoms with E-state index in [1.165, 1.54) is 35.7 Å². The molecule has 106 valence electrons. The summed E-state index contributed by atoms with van der Waals surface area (Å²) in [6.07, 6.45) is 5.27. The Balaban J connectivity index is 1.79. The summed E-state index contributed by atoms with van der Waals surface area (Å²) in [7, 11) is 0. The number of thioether (sulfide) groups is 1. The van der Waals surface area contributed by atoms with Crippen LogP contribution in [0.25, 0.3) is 0 Å². The van der Waals surface area contributed by atoms with Gasteiger partial charge in [0.15, 0.2) is 5.12 Å². The van der Waals surface area contributed by atoms with Crippen LogP contribution in [0.2, 0.25) is 0 Å². The van der Waals surface area contributed by atoms with Crippen molar-refractivity contribution in [3.05, 3.63) is 29.3 Å². The van der Waals surface area contributed by atoms with Crippen LogP contribution < -0.4 is 4.90 Å². The van der Waals surface area contributed by atoms with Gasteiger partial charge < -0.3 is 4.90 Å². The second kappa shape index (κ2) is 5.60. The third-order valence-electron chi connectivity index (χ3n) is 4.07. The smallest absolute Gasteiger partial charge is 0.228 e. The predicted octanol–water partition coefficient (Wildman–Crippen LogP) is 2.95. The lowest BCUT2D eigenvalue weighted by atomic mass is 9.91. The van der Waals surface area contributed by atoms with Crippen molar-refractivity contribution in [3.8, 4) is 0 Å². The van der Waals surface area contributed by atoms with E-state index >= 15 is 0 Å². The van der Waals surface area contributed by atoms with E-state index in [1.54, 1.807) is 6.92 Å². The van der Waals surface area contributed by atoms with Gasteiger partial charge in [0.05, 0.1) is 0 Å². The molecule has 1 aliphatic carbocycles. The number of carbonyl (C=O) groups excluding carboxylic acids is 2. The first kappa shape index (κ1) is 13.7. The Bertz CT molecular complexity index is 555. The quantitative estimate of drug-likeness (QED) is 0.840. The molecule has 3 nitrogen and oxygen atoms in total. The minimum atomic E-state index is 0.0927. The molecule has 3 rings (SSSR count). The van der Waals surface area contributed by atoms with Gasteiger partial charge in [-0.3, -0.25) is 9.59 Å². The second-order valence-corrected chi connectivity index (χ2v) is 7.08. The fourth-order valence-corrected chi connectivity index (χ4v) is 4.04. The molecule has 0 bridgehead atoms. The Morgan fingerprint density at radius 3 is 2.75 bits per heavy atom. The van der Waals surface area contributed by atoms with Crippen molar-refractivity contribution in [2.24, 2.45) is 0 Å². The standard InChI is InChI=1S/C16H19NO2S/c1-11(18)20-15-9-16(19)17(10-15)14-7-6-12-4-2-3-5-13(12)8-14/h6-8,15H,2-5,9-10H2,1H3. The Morgan fingerprint density at radius 2 is 2.00 bits per heavy atom. The van der Waals surface area contributed by atoms with Gasteiger partial charge in [-0.1, -0.05) is 17.8 Å². The molecule has 1 unspecified atom stereocenters. The molecule has 20 heavy (non-hydrogen) atoms. The van der Waals surface area contributed by atoms with E-state index in [-0.39, 0.29) is 16.3 Å². The number of aryl methyl sites for hydroxylation is 2. The monoisotopic (exact) mass is 289 g/mol. The molecule has 0 aromatic heterocycles. The molecule has 1 heterocycles. The third kappa shape index (κ3) is 2.75. The summed E-state index contributed by atoms with van der Waals surface area (Å²) in [5.41, 5.74) is 3.83. The van der Waals surface area contributed by atoms with Crippen molar-refractivity contribution in [2.45, 2.75) is 44.3 Å². The molecular weight excluding hydrogens is 270 g/mol. The number of amides is 1. The van der Waals surface area contributed by atoms with Crippen LogP contribution in [0.3, 0.4) is 0 Å². The normalized spacial score (nSPS) is 21.9. The van der Waals surface area contributed by atoms with Gasteiger partial charge in [0, 0.05) is 30.8 Å². The highest BCUT2D eigenvalue weighted by Crippen LogP contribution is 2.31. The van der Waals surface area contributed by atoms with Crippen molar-refractivity contribution in [1.29, 1.82) is 0 Å². The molecule has 1 amide bonds. The molecule has 1 aromatic rings. The first-order valence-corrected chi connectivity index (χ1v) is 8.11. The number of carbonyl (C=O) groups is 2. The van der Waals surface area contributed by atoms with Crippen molar-refractivity contribution in [2.75, 3.05) is 11.4 Å². The van der Waals surface area contributed by atoms with Crippen LogP contribution >= 0.6 is 11.8 Å². The topological polar surface area (TPSA) is 37.4 Å². The maximum Gasteiger partial charge on any atom is 0.228 e. The SMILES string of the molecule is CC(=O)SC1CC(=O)N(c2ccc3c(c2)CCCC3)C1. The molecule has 0 N–H and O–H groups in total. The molecule has 0 saturated carbocycles. The van der Waals surface area contributed by atoms with Gasteiger partial charge in [-0.15, -0.1) is 0 Å². The van der Waals surface area contributed by atoms with Crippen LogP contribution in [0.4, 0.5) is 5.69 Å². The summed E-state index contributed by atoms with van der Waals surface area (Å²) in [6, 6.07) is 6.40. The van der Waals surface area contributed by atoms with Crippen molar-refractivity contribution < 1.29 is 9.59 Å². The summed E-state index contributed by atoms with van der Waals surface area (Å²) >= 11 is 1.29. The molecular formula is C16H19NO2S. The molecule has 1 aliphatic heterocycles. The lowest BCUT2D eigenvalue weighted by molar-refractivity contribution is -0.117. The van der Waals surface area contributed by atoms with Crippen LogP contribution in [-0.4, -0.2) is 22.8 Å². The number of hydrogen-bond acceptors (Lipinski definition) is 3. The van der Waals surface area contributed by atoms with Gasteiger partial charge >= 0.3 is 0 Å². The molecule has 4 heteroatoms. The molecule has 0 spiro atoms. The van der Waals surface area contributed by atoms with E-state index in [2.05, 4.69) is 18.2 Å². The van der Waals surface area contributed by atoms with Gasteiger partial charge in [-0.25, -0.2) is 0 Å². The molecule has 1 atom stereocenters. The van der Waals surface area contributed by atoms with Crippen LogP contribution in [-0.2, 0) is 22.4 Å². The van der Waals surface area contributed by atoms with Gasteiger partial charge in [-0.05, 0) is 48.9 Å². The Labute approximate surface area is 123 Å². The molecule has 1 aromatic carbocycles. The molecule has 2 aliphatic rings. The van der Waals surface area contributed by atoms with Crippen molar-refractivity contribution >= 4 is 28.5 Å². The zero-order chi connectivity index (χ0) is 14.1. The Hall–Kier alpha value is -1.29. The van der Waals surface area contributed by atoms with Crippen LogP contribution in [0.15, 0.2) is 18.2 Å². The first-order valence-electron chi connectivity index (χ1n) is 7.23. The maximum atomic E-state index is 12.1. The number of benzene rings is 1. The Morgan fingerprint density at radius 1 is 1.25 bits per heavy atom. The van der Waals surface area contributed by atoms with Gasteiger partial charge in [0.1, 0.15) is 0 Å². The van der Waals surface area contributed by atoms with Crippen molar-refractivity contribution in [3.63, 3.8) is 0 Å². The second-order valence-electron chi connectivity index (χ2n) is 5.60. The van der Waals surface area contributed by atoms with Crippen molar-refractivity contribution in [1.82, 2.24) is 0 Å². The summed E-state index contributed by atoms with van der Waals surface area (Å²) in [5, 5.41) is 0.200. The van der Waals surface area contributed by atoms with Gasteiger partial charge in [-0.2, -0.15) is 0 Å².